The normalized spacial score (nSPS) is 14.9. The number of para-hydroxylation sites is 1. The van der Waals surface area contributed by atoms with Crippen molar-refractivity contribution in [1.82, 2.24) is 19.4 Å². The zero-order chi connectivity index (χ0) is 24.8. The van der Waals surface area contributed by atoms with Crippen LogP contribution in [-0.2, 0) is 19.6 Å². The number of morpholine rings is 1. The van der Waals surface area contributed by atoms with Crippen molar-refractivity contribution >= 4 is 22.0 Å². The number of amides is 1. The van der Waals surface area contributed by atoms with Gasteiger partial charge >= 0.3 is 0 Å². The lowest BCUT2D eigenvalue weighted by Gasteiger charge is -2.26. The first-order valence-electron chi connectivity index (χ1n) is 11.2. The summed E-state index contributed by atoms with van der Waals surface area (Å²) in [6.07, 6.45) is 3.18. The van der Waals surface area contributed by atoms with Crippen LogP contribution in [-0.4, -0.2) is 61.3 Å². The summed E-state index contributed by atoms with van der Waals surface area (Å²) in [5, 5.41) is 16.9. The van der Waals surface area contributed by atoms with Gasteiger partial charge in [0.25, 0.3) is 5.91 Å². The van der Waals surface area contributed by atoms with Crippen LogP contribution in [0.4, 0.5) is 0 Å². The molecule has 0 radical (unpaired) electrons. The predicted molar refractivity (Wildman–Crippen MR) is 131 cm³/mol. The number of carbonyl (C=O) groups is 1. The number of carbonyl (C=O) groups excluding carboxylic acids is 1. The van der Waals surface area contributed by atoms with Gasteiger partial charge in [0.2, 0.25) is 10.0 Å². The van der Waals surface area contributed by atoms with E-state index in [-0.39, 0.29) is 10.5 Å². The third-order valence-corrected chi connectivity index (χ3v) is 7.38. The number of sulfonamides is 1. The van der Waals surface area contributed by atoms with Crippen molar-refractivity contribution in [2.24, 2.45) is 0 Å². The number of nitrogens with one attached hydrogen (secondary N) is 1. The lowest BCUT2D eigenvalue weighted by molar-refractivity contribution is -0.116. The topological polar surface area (TPSA) is 117 Å². The SMILES string of the molecule is CCNC(=O)/C(C#N)=C/c1cn(-c2ccccc2)nc1-c1cccc(S(=O)(=O)N2CCOCC2)c1. The summed E-state index contributed by atoms with van der Waals surface area (Å²) in [5.74, 6) is -0.489. The highest BCUT2D eigenvalue weighted by Crippen LogP contribution is 2.29. The molecule has 0 atom stereocenters. The van der Waals surface area contributed by atoms with Crippen molar-refractivity contribution in [2.45, 2.75) is 11.8 Å². The summed E-state index contributed by atoms with van der Waals surface area (Å²) in [4.78, 5) is 12.5. The number of hydrogen-bond donors (Lipinski definition) is 1. The summed E-state index contributed by atoms with van der Waals surface area (Å²) in [5.41, 5.74) is 2.22. The van der Waals surface area contributed by atoms with Crippen molar-refractivity contribution in [3.8, 4) is 23.0 Å². The van der Waals surface area contributed by atoms with E-state index in [2.05, 4.69) is 10.4 Å². The molecule has 0 unspecified atom stereocenters. The monoisotopic (exact) mass is 491 g/mol. The van der Waals surface area contributed by atoms with Crippen LogP contribution in [0.15, 0.2) is 71.3 Å². The summed E-state index contributed by atoms with van der Waals surface area (Å²) in [6, 6.07) is 17.8. The molecule has 2 aromatic carbocycles. The summed E-state index contributed by atoms with van der Waals surface area (Å²) in [7, 11) is -3.71. The highest BCUT2D eigenvalue weighted by molar-refractivity contribution is 7.89. The van der Waals surface area contributed by atoms with Crippen LogP contribution in [0.25, 0.3) is 23.0 Å². The Morgan fingerprint density at radius 1 is 1.17 bits per heavy atom. The molecule has 10 heteroatoms. The Morgan fingerprint density at radius 3 is 2.60 bits per heavy atom. The molecule has 1 N–H and O–H groups in total. The number of likely N-dealkylation sites (N-methyl/N-ethyl adjacent to an activating group) is 1. The smallest absolute Gasteiger partial charge is 0.261 e. The number of nitrogens with zero attached hydrogens (tertiary/aromatic N) is 4. The van der Waals surface area contributed by atoms with Gasteiger partial charge in [-0.15, -0.1) is 0 Å². The average molecular weight is 492 g/mol. The van der Waals surface area contributed by atoms with E-state index in [1.807, 2.05) is 36.4 Å². The largest absolute Gasteiger partial charge is 0.379 e. The molecule has 0 saturated carbocycles. The zero-order valence-electron chi connectivity index (χ0n) is 19.2. The van der Waals surface area contributed by atoms with E-state index in [0.717, 1.165) is 5.69 Å². The van der Waals surface area contributed by atoms with E-state index in [4.69, 9.17) is 4.74 Å². The van der Waals surface area contributed by atoms with Gasteiger partial charge in [0.1, 0.15) is 17.3 Å². The Hall–Kier alpha value is -3.78. The van der Waals surface area contributed by atoms with Gasteiger partial charge in [0.05, 0.1) is 23.8 Å². The molecule has 0 aliphatic carbocycles. The fourth-order valence-corrected chi connectivity index (χ4v) is 5.18. The lowest BCUT2D eigenvalue weighted by Crippen LogP contribution is -2.40. The highest BCUT2D eigenvalue weighted by atomic mass is 32.2. The maximum Gasteiger partial charge on any atom is 0.261 e. The molecule has 180 valence electrons. The number of ether oxygens (including phenoxy) is 1. The summed E-state index contributed by atoms with van der Waals surface area (Å²) in [6.45, 7) is 3.45. The highest BCUT2D eigenvalue weighted by Gasteiger charge is 2.27. The van der Waals surface area contributed by atoms with Gasteiger partial charge in [-0.1, -0.05) is 30.3 Å². The van der Waals surface area contributed by atoms with Crippen LogP contribution < -0.4 is 5.32 Å². The van der Waals surface area contributed by atoms with Crippen LogP contribution in [0.1, 0.15) is 12.5 Å². The van der Waals surface area contributed by atoms with Crippen LogP contribution in [0.3, 0.4) is 0 Å². The van der Waals surface area contributed by atoms with E-state index in [1.165, 1.54) is 10.4 Å². The number of rotatable bonds is 7. The Morgan fingerprint density at radius 2 is 1.91 bits per heavy atom. The molecule has 0 bridgehead atoms. The van der Waals surface area contributed by atoms with Crippen LogP contribution in [0.2, 0.25) is 0 Å². The Kier molecular flexibility index (Phi) is 7.41. The molecular formula is C25H25N5O4S. The van der Waals surface area contributed by atoms with E-state index >= 15 is 0 Å². The summed E-state index contributed by atoms with van der Waals surface area (Å²) < 4.78 is 34.7. The van der Waals surface area contributed by atoms with E-state index in [9.17, 15) is 18.5 Å². The minimum absolute atomic E-state index is 0.0715. The predicted octanol–water partition coefficient (Wildman–Crippen LogP) is 2.60. The second-order valence-corrected chi connectivity index (χ2v) is 9.72. The second-order valence-electron chi connectivity index (χ2n) is 7.79. The third-order valence-electron chi connectivity index (χ3n) is 5.48. The van der Waals surface area contributed by atoms with Gasteiger partial charge in [0, 0.05) is 37.0 Å². The average Bonchev–Trinajstić information content (AvgIpc) is 3.32. The standard InChI is InChI=1S/C25H25N5O4S/c1-2-27-25(31)20(17-26)15-21-18-30(22-8-4-3-5-9-22)28-24(21)19-7-6-10-23(16-19)35(32,33)29-11-13-34-14-12-29/h3-10,15-16,18H,2,11-14H2,1H3,(H,27,31)/b20-15+. The molecule has 0 spiro atoms. The van der Waals surface area contributed by atoms with Crippen LogP contribution in [0, 0.1) is 11.3 Å². The molecule has 4 rings (SSSR count). The van der Waals surface area contributed by atoms with Crippen LogP contribution >= 0.6 is 0 Å². The molecule has 1 aliphatic rings. The van der Waals surface area contributed by atoms with Gasteiger partial charge in [0.15, 0.2) is 0 Å². The van der Waals surface area contributed by atoms with Crippen molar-refractivity contribution in [1.29, 1.82) is 5.26 Å². The fraction of sp³-hybridized carbons (Fsp3) is 0.240. The van der Waals surface area contributed by atoms with E-state index in [1.54, 1.807) is 42.1 Å². The van der Waals surface area contributed by atoms with E-state index < -0.39 is 15.9 Å². The first-order valence-corrected chi connectivity index (χ1v) is 12.6. The number of benzene rings is 2. The number of hydrogen-bond acceptors (Lipinski definition) is 6. The third kappa shape index (κ3) is 5.33. The molecular weight excluding hydrogens is 466 g/mol. The molecule has 1 aliphatic heterocycles. The zero-order valence-corrected chi connectivity index (χ0v) is 20.0. The first kappa shape index (κ1) is 24.3. The molecule has 1 fully saturated rings. The fourth-order valence-electron chi connectivity index (χ4n) is 3.73. The van der Waals surface area contributed by atoms with Crippen molar-refractivity contribution in [3.05, 3.63) is 71.9 Å². The number of aromatic nitrogens is 2. The number of nitriles is 1. The quantitative estimate of drug-likeness (QED) is 0.401. The maximum atomic E-state index is 13.2. The first-order chi connectivity index (χ1) is 16.9. The molecule has 1 amide bonds. The minimum Gasteiger partial charge on any atom is -0.379 e. The molecule has 1 saturated heterocycles. The molecule has 1 aromatic heterocycles. The van der Waals surface area contributed by atoms with Gasteiger partial charge in [-0.05, 0) is 37.3 Å². The van der Waals surface area contributed by atoms with E-state index in [0.29, 0.717) is 49.7 Å². The molecule has 9 nitrogen and oxygen atoms in total. The Balaban J connectivity index is 1.82. The van der Waals surface area contributed by atoms with Gasteiger partial charge in [-0.25, -0.2) is 13.1 Å². The van der Waals surface area contributed by atoms with Crippen molar-refractivity contribution < 1.29 is 17.9 Å². The minimum atomic E-state index is -3.71. The Labute approximate surface area is 204 Å². The Bertz CT molecular complexity index is 1380. The van der Waals surface area contributed by atoms with Crippen molar-refractivity contribution in [3.63, 3.8) is 0 Å². The summed E-state index contributed by atoms with van der Waals surface area (Å²) >= 11 is 0. The molecule has 2 heterocycles. The van der Waals surface area contributed by atoms with Gasteiger partial charge in [-0.2, -0.15) is 14.7 Å². The van der Waals surface area contributed by atoms with Crippen molar-refractivity contribution in [2.75, 3.05) is 32.8 Å². The maximum absolute atomic E-state index is 13.2. The lowest BCUT2D eigenvalue weighted by atomic mass is 10.1. The van der Waals surface area contributed by atoms with Gasteiger partial charge < -0.3 is 10.1 Å². The second kappa shape index (κ2) is 10.7. The van der Waals surface area contributed by atoms with Crippen LogP contribution in [0.5, 0.6) is 0 Å². The molecule has 35 heavy (non-hydrogen) atoms. The van der Waals surface area contributed by atoms with Gasteiger partial charge in [-0.3, -0.25) is 4.79 Å². The molecule has 3 aromatic rings.